The van der Waals surface area contributed by atoms with E-state index in [1.165, 1.54) is 30.3 Å². The number of nitro benzene ring substituents is 1. The number of carboxylic acids is 1. The highest BCUT2D eigenvalue weighted by Gasteiger charge is 2.24. The molecule has 0 saturated heterocycles. The Morgan fingerprint density at radius 2 is 1.75 bits per heavy atom. The molecule has 9 nitrogen and oxygen atoms in total. The van der Waals surface area contributed by atoms with Crippen LogP contribution in [0.5, 0.6) is 0 Å². The zero-order valence-electron chi connectivity index (χ0n) is 17.4. The molecule has 168 valence electrons. The van der Waals surface area contributed by atoms with Crippen LogP contribution < -0.4 is 10.6 Å². The van der Waals surface area contributed by atoms with Gasteiger partial charge < -0.3 is 15.7 Å². The zero-order chi connectivity index (χ0) is 23.8. The number of nitrogens with zero attached hydrogens (tertiary/aromatic N) is 1. The molecule has 1 unspecified atom stereocenters. The van der Waals surface area contributed by atoms with E-state index >= 15 is 0 Å². The molecule has 0 spiro atoms. The largest absolute Gasteiger partial charge is 0.480 e. The number of hydrogen-bond donors (Lipinski definition) is 3. The molecule has 0 bridgehead atoms. The first-order chi connectivity index (χ1) is 15.1. The van der Waals surface area contributed by atoms with Crippen LogP contribution in [-0.2, 0) is 9.59 Å². The van der Waals surface area contributed by atoms with Crippen LogP contribution in [0.3, 0.4) is 0 Å². The number of carboxylic acid groups (broad SMARTS) is 1. The molecule has 32 heavy (non-hydrogen) atoms. The second-order valence-corrected chi connectivity index (χ2v) is 8.19. The number of aliphatic carboxylic acids is 1. The van der Waals surface area contributed by atoms with Crippen molar-refractivity contribution in [2.75, 3.05) is 0 Å². The summed E-state index contributed by atoms with van der Waals surface area (Å²) in [6.45, 7) is 3.65. The first-order valence-electron chi connectivity index (χ1n) is 9.64. The Kier molecular flexibility index (Phi) is 8.65. The summed E-state index contributed by atoms with van der Waals surface area (Å²) in [6.07, 6.45) is 1.52. The topological polar surface area (TPSA) is 139 Å². The molecule has 0 radical (unpaired) electrons. The fourth-order valence-electron chi connectivity index (χ4n) is 2.78. The number of amides is 2. The van der Waals surface area contributed by atoms with Crippen molar-refractivity contribution in [2.24, 2.45) is 5.92 Å². The van der Waals surface area contributed by atoms with Gasteiger partial charge in [-0.15, -0.1) is 0 Å². The molecular weight excluding hydrogens is 482 g/mol. The van der Waals surface area contributed by atoms with Gasteiger partial charge in [-0.25, -0.2) is 4.79 Å². The van der Waals surface area contributed by atoms with Gasteiger partial charge in [0.15, 0.2) is 0 Å². The predicted molar refractivity (Wildman–Crippen MR) is 122 cm³/mol. The maximum atomic E-state index is 12.9. The third kappa shape index (κ3) is 7.02. The Morgan fingerprint density at radius 3 is 2.28 bits per heavy atom. The standard InChI is InChI=1S/C22H22BrN3O6/c1-13(2)11-19(22(29)30)25-21(28)18(12-14-7-9-15(10-8-14)26(31)32)24-20(27)16-5-3-4-6-17(16)23/h3-10,12-13,19H,11H2,1-2H3,(H,24,27)(H,25,28)(H,29,30)/b18-12-. The van der Waals surface area contributed by atoms with Crippen molar-refractivity contribution in [3.63, 3.8) is 0 Å². The summed E-state index contributed by atoms with van der Waals surface area (Å²) in [6, 6.07) is 10.8. The van der Waals surface area contributed by atoms with Crippen LogP contribution in [0.1, 0.15) is 36.2 Å². The van der Waals surface area contributed by atoms with E-state index in [0.717, 1.165) is 0 Å². The van der Waals surface area contributed by atoms with Crippen LogP contribution in [0.4, 0.5) is 5.69 Å². The Balaban J connectivity index is 2.37. The van der Waals surface area contributed by atoms with Crippen LogP contribution in [0.2, 0.25) is 0 Å². The van der Waals surface area contributed by atoms with Gasteiger partial charge in [-0.05, 0) is 64.2 Å². The number of carbonyl (C=O) groups is 3. The van der Waals surface area contributed by atoms with E-state index in [4.69, 9.17) is 0 Å². The summed E-state index contributed by atoms with van der Waals surface area (Å²) in [7, 11) is 0. The minimum atomic E-state index is -1.20. The van der Waals surface area contributed by atoms with Gasteiger partial charge >= 0.3 is 5.97 Å². The highest BCUT2D eigenvalue weighted by molar-refractivity contribution is 9.10. The van der Waals surface area contributed by atoms with E-state index in [-0.39, 0.29) is 29.3 Å². The monoisotopic (exact) mass is 503 g/mol. The normalized spacial score (nSPS) is 12.2. The number of hydrogen-bond acceptors (Lipinski definition) is 5. The average molecular weight is 504 g/mol. The summed E-state index contributed by atoms with van der Waals surface area (Å²) in [5.41, 5.74) is 0.346. The molecule has 2 rings (SSSR count). The molecule has 0 fully saturated rings. The molecule has 0 heterocycles. The number of nitro groups is 1. The molecule has 2 amide bonds. The van der Waals surface area contributed by atoms with E-state index in [1.54, 1.807) is 24.3 Å². The SMILES string of the molecule is CC(C)CC(NC(=O)/C(=C/c1ccc([N+](=O)[O-])cc1)NC(=O)c1ccccc1Br)C(=O)O. The van der Waals surface area contributed by atoms with Gasteiger partial charge in [-0.3, -0.25) is 19.7 Å². The summed E-state index contributed by atoms with van der Waals surface area (Å²) >= 11 is 3.28. The van der Waals surface area contributed by atoms with E-state index in [2.05, 4.69) is 26.6 Å². The van der Waals surface area contributed by atoms with Crippen molar-refractivity contribution < 1.29 is 24.4 Å². The third-order valence-corrected chi connectivity index (χ3v) is 5.03. The lowest BCUT2D eigenvalue weighted by atomic mass is 10.0. The lowest BCUT2D eigenvalue weighted by Gasteiger charge is -2.18. The lowest BCUT2D eigenvalue weighted by Crippen LogP contribution is -2.45. The van der Waals surface area contributed by atoms with E-state index in [9.17, 15) is 29.6 Å². The van der Waals surface area contributed by atoms with Gasteiger partial charge in [0.05, 0.1) is 10.5 Å². The van der Waals surface area contributed by atoms with Crippen molar-refractivity contribution in [2.45, 2.75) is 26.3 Å². The maximum Gasteiger partial charge on any atom is 0.326 e. The molecular formula is C22H22BrN3O6. The molecule has 1 atom stereocenters. The Bertz CT molecular complexity index is 1050. The number of rotatable bonds is 9. The van der Waals surface area contributed by atoms with Crippen LogP contribution in [0.15, 0.2) is 58.7 Å². The summed E-state index contributed by atoms with van der Waals surface area (Å²) in [5.74, 6) is -2.57. The first-order valence-corrected chi connectivity index (χ1v) is 10.4. The van der Waals surface area contributed by atoms with Gasteiger partial charge in [-0.1, -0.05) is 26.0 Å². The summed E-state index contributed by atoms with van der Waals surface area (Å²) in [4.78, 5) is 47.5. The number of non-ortho nitro benzene ring substituents is 1. The molecule has 2 aromatic rings. The molecule has 0 aromatic heterocycles. The highest BCUT2D eigenvalue weighted by Crippen LogP contribution is 2.18. The molecule has 0 saturated carbocycles. The van der Waals surface area contributed by atoms with Crippen LogP contribution in [0, 0.1) is 16.0 Å². The summed E-state index contributed by atoms with van der Waals surface area (Å²) < 4.78 is 0.510. The van der Waals surface area contributed by atoms with Crippen molar-refractivity contribution in [3.05, 3.63) is 79.9 Å². The zero-order valence-corrected chi connectivity index (χ0v) is 19.0. The second-order valence-electron chi connectivity index (χ2n) is 7.33. The van der Waals surface area contributed by atoms with Gasteiger partial charge in [0, 0.05) is 16.6 Å². The molecule has 10 heteroatoms. The third-order valence-electron chi connectivity index (χ3n) is 4.34. The molecule has 0 aliphatic heterocycles. The first kappa shape index (κ1) is 24.7. The second kappa shape index (κ2) is 11.2. The average Bonchev–Trinajstić information content (AvgIpc) is 2.72. The van der Waals surface area contributed by atoms with Crippen LogP contribution in [0.25, 0.3) is 6.08 Å². The minimum absolute atomic E-state index is 0.00775. The lowest BCUT2D eigenvalue weighted by molar-refractivity contribution is -0.384. The fraction of sp³-hybridized carbons (Fsp3) is 0.227. The highest BCUT2D eigenvalue weighted by atomic mass is 79.9. The number of benzene rings is 2. The number of nitrogens with one attached hydrogen (secondary N) is 2. The number of halogens is 1. The van der Waals surface area contributed by atoms with Crippen molar-refractivity contribution in [1.82, 2.24) is 10.6 Å². The molecule has 2 aromatic carbocycles. The molecule has 0 aliphatic rings. The van der Waals surface area contributed by atoms with Gasteiger partial charge in [0.2, 0.25) is 0 Å². The molecule has 3 N–H and O–H groups in total. The van der Waals surface area contributed by atoms with E-state index < -0.39 is 28.7 Å². The van der Waals surface area contributed by atoms with Gasteiger partial charge in [-0.2, -0.15) is 0 Å². The fourth-order valence-corrected chi connectivity index (χ4v) is 3.25. The Hall–Kier alpha value is -3.53. The van der Waals surface area contributed by atoms with Gasteiger partial charge in [0.1, 0.15) is 11.7 Å². The smallest absolute Gasteiger partial charge is 0.326 e. The number of carbonyl (C=O) groups excluding carboxylic acids is 2. The van der Waals surface area contributed by atoms with Crippen molar-refractivity contribution >= 4 is 45.5 Å². The van der Waals surface area contributed by atoms with Crippen LogP contribution >= 0.6 is 15.9 Å². The van der Waals surface area contributed by atoms with Crippen LogP contribution in [-0.4, -0.2) is 33.9 Å². The van der Waals surface area contributed by atoms with E-state index in [0.29, 0.717) is 10.0 Å². The Labute approximate surface area is 192 Å². The van der Waals surface area contributed by atoms with Crippen molar-refractivity contribution in [3.8, 4) is 0 Å². The summed E-state index contributed by atoms with van der Waals surface area (Å²) in [5, 5.41) is 25.2. The quantitative estimate of drug-likeness (QED) is 0.270. The van der Waals surface area contributed by atoms with E-state index in [1.807, 2.05) is 13.8 Å². The van der Waals surface area contributed by atoms with Gasteiger partial charge in [0.25, 0.3) is 17.5 Å². The molecule has 0 aliphatic carbocycles. The minimum Gasteiger partial charge on any atom is -0.480 e. The Morgan fingerprint density at radius 1 is 1.12 bits per heavy atom. The maximum absolute atomic E-state index is 12.9. The van der Waals surface area contributed by atoms with Crippen molar-refractivity contribution in [1.29, 1.82) is 0 Å². The predicted octanol–water partition coefficient (Wildman–Crippen LogP) is 3.74.